The molecule has 7 heteroatoms. The number of carbonyl (C=O) groups is 1. The predicted molar refractivity (Wildman–Crippen MR) is 258 cm³/mol. The lowest BCUT2D eigenvalue weighted by Gasteiger charge is -2.56. The fourth-order valence-electron chi connectivity index (χ4n) is 14.7. The van der Waals surface area contributed by atoms with Crippen molar-refractivity contribution in [1.82, 2.24) is 5.32 Å². The summed E-state index contributed by atoms with van der Waals surface area (Å²) < 4.78 is 0. The number of aliphatic hydroxyl groups excluding tert-OH is 4. The van der Waals surface area contributed by atoms with Crippen molar-refractivity contribution in [1.29, 1.82) is 0 Å². The van der Waals surface area contributed by atoms with E-state index in [1.54, 1.807) is 0 Å². The van der Waals surface area contributed by atoms with Crippen molar-refractivity contribution in [2.24, 2.45) is 74.7 Å². The number of carbonyl (C=O) groups excluding carboxylic acids is 1. The van der Waals surface area contributed by atoms with E-state index < -0.39 is 0 Å². The molecule has 0 aromatic heterocycles. The van der Waals surface area contributed by atoms with Crippen LogP contribution in [0.25, 0.3) is 0 Å². The molecule has 7 nitrogen and oxygen atoms in total. The average Bonchev–Trinajstić information content (AvgIpc) is 3.76. The van der Waals surface area contributed by atoms with Crippen LogP contribution >= 0.6 is 0 Å². The highest BCUT2D eigenvalue weighted by molar-refractivity contribution is 5.74. The summed E-state index contributed by atoms with van der Waals surface area (Å²) in [7, 11) is 0. The molecule has 7 N–H and O–H groups in total. The van der Waals surface area contributed by atoms with Gasteiger partial charge in [0.15, 0.2) is 0 Å². The van der Waals surface area contributed by atoms with Gasteiger partial charge in [0.1, 0.15) is 6.29 Å². The van der Waals surface area contributed by atoms with Crippen LogP contribution in [0.4, 0.5) is 0 Å². The zero-order valence-corrected chi connectivity index (χ0v) is 40.1. The van der Waals surface area contributed by atoms with Gasteiger partial charge >= 0.3 is 0 Å². The summed E-state index contributed by atoms with van der Waals surface area (Å²) in [6.45, 7) is 25.7. The van der Waals surface area contributed by atoms with Gasteiger partial charge in [-0.15, -0.1) is 0 Å². The molecule has 0 heterocycles. The van der Waals surface area contributed by atoms with Gasteiger partial charge in [-0.05, 0) is 191 Å². The van der Waals surface area contributed by atoms with Crippen LogP contribution in [-0.2, 0) is 6.54 Å². The van der Waals surface area contributed by atoms with Gasteiger partial charge in [-0.2, -0.15) is 0 Å². The molecular weight excluding hydrogens is 781 g/mol. The minimum Gasteiger partial charge on any atom is -0.396 e. The molecule has 63 heavy (non-hydrogen) atoms. The summed E-state index contributed by atoms with van der Waals surface area (Å²) in [5.74, 6) is 4.02. The van der Waals surface area contributed by atoms with Crippen molar-refractivity contribution in [3.05, 3.63) is 95.1 Å². The molecule has 2 aromatic carbocycles. The van der Waals surface area contributed by atoms with Gasteiger partial charge < -0.3 is 31.5 Å². The van der Waals surface area contributed by atoms with Gasteiger partial charge in [0.2, 0.25) is 0 Å². The van der Waals surface area contributed by atoms with Crippen LogP contribution in [0.3, 0.4) is 0 Å². The molecule has 0 radical (unpaired) electrons. The third-order valence-electron chi connectivity index (χ3n) is 19.2. The summed E-state index contributed by atoms with van der Waals surface area (Å²) in [6.07, 6.45) is 15.3. The number of hydrogen-bond donors (Lipinski definition) is 6. The van der Waals surface area contributed by atoms with Crippen molar-refractivity contribution >= 4 is 6.29 Å². The van der Waals surface area contributed by atoms with E-state index in [2.05, 4.69) is 77.4 Å². The van der Waals surface area contributed by atoms with Gasteiger partial charge in [0.25, 0.3) is 0 Å². The lowest BCUT2D eigenvalue weighted by Crippen LogP contribution is -2.53. The molecule has 0 bridgehead atoms. The summed E-state index contributed by atoms with van der Waals surface area (Å²) in [6, 6.07) is 16.3. The van der Waals surface area contributed by atoms with Crippen molar-refractivity contribution in [2.45, 2.75) is 150 Å². The SMILES string of the molecule is C=C1CC[C@H]2[C@H](CN)[C@@H]([C@@]3(C)CC[C@H](O)C[C@@H]3CO)CC[C@]12C.C=C1CC[C@H]2[C@H](CNCc3ccc(C)cc3)[C@@H]([C@@]3(C)CC[C@H](O)C[C@@H]3CO)CC[C@]12C.Cc1ccc(C=O)cc1. The number of hydrogen-bond acceptors (Lipinski definition) is 7. The second-order valence-electron chi connectivity index (χ2n) is 22.5. The number of aliphatic hydroxyl groups is 4. The molecule has 0 aliphatic heterocycles. The first kappa shape index (κ1) is 49.8. The largest absolute Gasteiger partial charge is 0.396 e. The summed E-state index contributed by atoms with van der Waals surface area (Å²) in [5, 5.41) is 44.4. The van der Waals surface area contributed by atoms with Crippen LogP contribution in [0.2, 0.25) is 0 Å². The first-order valence-electron chi connectivity index (χ1n) is 24.9. The highest BCUT2D eigenvalue weighted by Crippen LogP contribution is 2.65. The van der Waals surface area contributed by atoms with Crippen LogP contribution < -0.4 is 11.1 Å². The second kappa shape index (κ2) is 20.9. The standard InChI is InChI=1S/C28H43NO2.C20H35NO2.C8H8O/c1-19-5-8-21(9-6-19)16-29-17-24-25-10-7-20(2)27(25,3)14-12-26(24)28(4)13-11-23(31)15-22(28)18-30;1-13-4-5-17-16(11-21)18(7-9-19(13,17)2)20(3)8-6-15(23)10-14(20)12-22;1-7-2-4-8(6-9)5-3-7/h5-6,8-9,22-26,29-31H,2,7,10-18H2,1,3-4H3;14-18,22-23H,1,4-12,21H2,2-3H3;2-6H,1H3/t22-,23+,24+,25+,26+,27-,28+;14-,15+,16+,17+,18+,19-,20+;/m11./s1. The summed E-state index contributed by atoms with van der Waals surface area (Å²) in [4.78, 5) is 10.1. The van der Waals surface area contributed by atoms with E-state index in [4.69, 9.17) is 5.73 Å². The maximum atomic E-state index is 10.3. The average molecular weight is 867 g/mol. The highest BCUT2D eigenvalue weighted by atomic mass is 16.3. The van der Waals surface area contributed by atoms with Gasteiger partial charge in [0.05, 0.1) is 12.2 Å². The predicted octanol–water partition coefficient (Wildman–Crippen LogP) is 10.2. The zero-order chi connectivity index (χ0) is 45.7. The monoisotopic (exact) mass is 867 g/mol. The molecule has 6 saturated carbocycles. The number of benzene rings is 2. The summed E-state index contributed by atoms with van der Waals surface area (Å²) in [5.41, 5.74) is 14.5. The molecule has 0 saturated heterocycles. The number of allylic oxidation sites excluding steroid dienone is 2. The summed E-state index contributed by atoms with van der Waals surface area (Å²) >= 11 is 0. The molecule has 6 fully saturated rings. The van der Waals surface area contributed by atoms with E-state index in [0.29, 0.717) is 35.5 Å². The number of aldehydes is 1. The third kappa shape index (κ3) is 10.3. The smallest absolute Gasteiger partial charge is 0.150 e. The Balaban J connectivity index is 0.000000180. The molecule has 0 spiro atoms. The Morgan fingerprint density at radius 2 is 1.10 bits per heavy atom. The minimum absolute atomic E-state index is 0.107. The molecular formula is C56H86N2O5. The first-order valence-corrected chi connectivity index (χ1v) is 24.9. The number of nitrogens with one attached hydrogen (secondary N) is 1. The topological polar surface area (TPSA) is 136 Å². The Kier molecular flexibility index (Phi) is 16.5. The van der Waals surface area contributed by atoms with E-state index >= 15 is 0 Å². The molecule has 2 aromatic rings. The van der Waals surface area contributed by atoms with Crippen molar-refractivity contribution in [2.75, 3.05) is 26.3 Å². The van der Waals surface area contributed by atoms with Crippen LogP contribution in [0.5, 0.6) is 0 Å². The molecule has 0 unspecified atom stereocenters. The second-order valence-corrected chi connectivity index (χ2v) is 22.5. The van der Waals surface area contributed by atoms with E-state index in [-0.39, 0.29) is 58.9 Å². The fraction of sp³-hybridized carbons (Fsp3) is 0.696. The quantitative estimate of drug-likeness (QED) is 0.103. The highest BCUT2D eigenvalue weighted by Gasteiger charge is 2.58. The van der Waals surface area contributed by atoms with E-state index in [1.807, 2.05) is 31.2 Å². The molecule has 0 amide bonds. The fourth-order valence-corrected chi connectivity index (χ4v) is 14.7. The molecule has 8 rings (SSSR count). The molecule has 6 aliphatic rings. The maximum absolute atomic E-state index is 10.3. The van der Waals surface area contributed by atoms with Crippen LogP contribution in [0.1, 0.15) is 145 Å². The van der Waals surface area contributed by atoms with Gasteiger partial charge in [-0.25, -0.2) is 0 Å². The van der Waals surface area contributed by atoms with E-state index in [9.17, 15) is 25.2 Å². The molecule has 350 valence electrons. The molecule has 14 atom stereocenters. The zero-order valence-electron chi connectivity index (χ0n) is 40.1. The van der Waals surface area contributed by atoms with Crippen molar-refractivity contribution < 1.29 is 25.2 Å². The first-order chi connectivity index (χ1) is 30.0. The van der Waals surface area contributed by atoms with E-state index in [1.165, 1.54) is 72.8 Å². The Morgan fingerprint density at radius 3 is 1.54 bits per heavy atom. The number of rotatable bonds is 10. The van der Waals surface area contributed by atoms with Crippen molar-refractivity contribution in [3.63, 3.8) is 0 Å². The maximum Gasteiger partial charge on any atom is 0.150 e. The number of aryl methyl sites for hydroxylation is 2. The number of fused-ring (bicyclic) bond motifs is 2. The Morgan fingerprint density at radius 1 is 0.651 bits per heavy atom. The van der Waals surface area contributed by atoms with Gasteiger partial charge in [0, 0.05) is 25.3 Å². The Bertz CT molecular complexity index is 1830. The van der Waals surface area contributed by atoms with Gasteiger partial charge in [-0.3, -0.25) is 4.79 Å². The lowest BCUT2D eigenvalue weighted by atomic mass is 9.49. The Labute approximate surface area is 381 Å². The van der Waals surface area contributed by atoms with Crippen molar-refractivity contribution in [3.8, 4) is 0 Å². The molecule has 6 aliphatic carbocycles. The third-order valence-corrected chi connectivity index (χ3v) is 19.2. The normalized spacial score (nSPS) is 39.9. The Hall–Kier alpha value is -2.65. The van der Waals surface area contributed by atoms with Gasteiger partial charge in [-0.1, -0.05) is 112 Å². The minimum atomic E-state index is -0.247. The van der Waals surface area contributed by atoms with Crippen LogP contribution in [0, 0.1) is 82.9 Å². The lowest BCUT2D eigenvalue weighted by molar-refractivity contribution is -0.0933. The number of nitrogens with two attached hydrogens (primary N) is 1. The van der Waals surface area contributed by atoms with E-state index in [0.717, 1.165) is 76.4 Å². The van der Waals surface area contributed by atoms with Crippen LogP contribution in [-0.4, -0.2) is 65.2 Å². The van der Waals surface area contributed by atoms with Crippen LogP contribution in [0.15, 0.2) is 72.8 Å².